The molecule has 0 atom stereocenters. The number of carbonyl (C=O) groups is 1. The van der Waals surface area contributed by atoms with E-state index in [0.717, 1.165) is 20.7 Å². The second-order valence-corrected chi connectivity index (χ2v) is 7.76. The largest absolute Gasteiger partial charge is 0.380 e. The third kappa shape index (κ3) is 5.06. The zero-order chi connectivity index (χ0) is 19.2. The molecule has 1 amide bonds. The zero-order valence-electron chi connectivity index (χ0n) is 15.3. The predicted molar refractivity (Wildman–Crippen MR) is 109 cm³/mol. The third-order valence-electron chi connectivity index (χ3n) is 4.04. The summed E-state index contributed by atoms with van der Waals surface area (Å²) in [5.41, 5.74) is 1.78. The van der Waals surface area contributed by atoms with E-state index < -0.39 is 0 Å². The Hall–Kier alpha value is -1.96. The summed E-state index contributed by atoms with van der Waals surface area (Å²) in [6.07, 6.45) is 2.25. The van der Waals surface area contributed by atoms with Crippen LogP contribution in [0.1, 0.15) is 12.5 Å². The normalized spacial score (nSPS) is 12.0. The Morgan fingerprint density at radius 3 is 2.74 bits per heavy atom. The Morgan fingerprint density at radius 2 is 2.04 bits per heavy atom. The van der Waals surface area contributed by atoms with Crippen molar-refractivity contribution in [2.45, 2.75) is 24.8 Å². The number of thioether (sulfide) groups is 1. The molecule has 142 valence electrons. The fraction of sp³-hybridized carbons (Fsp3) is 0.300. The van der Waals surface area contributed by atoms with Gasteiger partial charge < -0.3 is 9.30 Å². The van der Waals surface area contributed by atoms with E-state index in [9.17, 15) is 9.18 Å². The van der Waals surface area contributed by atoms with E-state index in [0.29, 0.717) is 24.6 Å². The Balaban J connectivity index is 1.90. The van der Waals surface area contributed by atoms with E-state index in [1.54, 1.807) is 17.8 Å². The molecule has 0 aliphatic carbocycles. The summed E-state index contributed by atoms with van der Waals surface area (Å²) in [5, 5.41) is 0. The summed E-state index contributed by atoms with van der Waals surface area (Å²) in [6.45, 7) is 3.63. The number of benzene rings is 2. The van der Waals surface area contributed by atoms with Gasteiger partial charge in [-0.15, -0.1) is 11.8 Å². The molecule has 2 aromatic carbocycles. The number of amides is 1. The fourth-order valence-corrected chi connectivity index (χ4v) is 4.22. The molecule has 0 spiro atoms. The minimum Gasteiger partial charge on any atom is -0.380 e. The molecule has 0 saturated carbocycles. The van der Waals surface area contributed by atoms with Gasteiger partial charge in [0.15, 0.2) is 4.80 Å². The molecule has 4 nitrogen and oxygen atoms in total. The predicted octanol–water partition coefficient (Wildman–Crippen LogP) is 4.27. The minimum atomic E-state index is -0.299. The highest BCUT2D eigenvalue weighted by Gasteiger charge is 2.09. The SMILES string of the molecule is CCOCCn1c(=NC(=O)Cc2ccc(SC)cc2)sc2cc(F)ccc21. The van der Waals surface area contributed by atoms with E-state index in [2.05, 4.69) is 4.99 Å². The average Bonchev–Trinajstić information content (AvgIpc) is 2.98. The monoisotopic (exact) mass is 404 g/mol. The van der Waals surface area contributed by atoms with Gasteiger partial charge in [-0.1, -0.05) is 23.5 Å². The second-order valence-electron chi connectivity index (χ2n) is 5.88. The highest BCUT2D eigenvalue weighted by molar-refractivity contribution is 7.98. The lowest BCUT2D eigenvalue weighted by Crippen LogP contribution is -2.20. The van der Waals surface area contributed by atoms with Crippen molar-refractivity contribution in [3.63, 3.8) is 0 Å². The van der Waals surface area contributed by atoms with E-state index in [1.165, 1.54) is 23.5 Å². The van der Waals surface area contributed by atoms with Gasteiger partial charge in [0.05, 0.1) is 23.2 Å². The summed E-state index contributed by atoms with van der Waals surface area (Å²) in [6, 6.07) is 12.5. The summed E-state index contributed by atoms with van der Waals surface area (Å²) < 4.78 is 21.7. The summed E-state index contributed by atoms with van der Waals surface area (Å²) in [5.74, 6) is -0.517. The lowest BCUT2D eigenvalue weighted by Gasteiger charge is -2.05. The number of rotatable bonds is 7. The average molecular weight is 405 g/mol. The quantitative estimate of drug-likeness (QED) is 0.436. The van der Waals surface area contributed by atoms with Crippen LogP contribution in [0.25, 0.3) is 10.2 Å². The van der Waals surface area contributed by atoms with Crippen LogP contribution in [-0.2, 0) is 22.5 Å². The van der Waals surface area contributed by atoms with Crippen LogP contribution >= 0.6 is 23.1 Å². The number of nitrogens with zero attached hydrogens (tertiary/aromatic N) is 2. The number of ether oxygens (including phenoxy) is 1. The van der Waals surface area contributed by atoms with Crippen molar-refractivity contribution < 1.29 is 13.9 Å². The molecule has 0 radical (unpaired) electrons. The van der Waals surface area contributed by atoms with Crippen molar-refractivity contribution in [2.75, 3.05) is 19.5 Å². The maximum Gasteiger partial charge on any atom is 0.252 e. The summed E-state index contributed by atoms with van der Waals surface area (Å²) in [4.78, 5) is 18.5. The molecule has 0 bridgehead atoms. The maximum absolute atomic E-state index is 13.6. The molecular weight excluding hydrogens is 383 g/mol. The van der Waals surface area contributed by atoms with Crippen LogP contribution in [-0.4, -0.2) is 29.9 Å². The minimum absolute atomic E-state index is 0.218. The molecule has 1 aromatic heterocycles. The molecule has 3 aromatic rings. The number of carbonyl (C=O) groups excluding carboxylic acids is 1. The first-order valence-electron chi connectivity index (χ1n) is 8.68. The van der Waals surface area contributed by atoms with Crippen molar-refractivity contribution in [1.82, 2.24) is 4.57 Å². The van der Waals surface area contributed by atoms with Crippen LogP contribution in [0.2, 0.25) is 0 Å². The van der Waals surface area contributed by atoms with Gasteiger partial charge in [0.25, 0.3) is 5.91 Å². The molecular formula is C20H21FN2O2S2. The van der Waals surface area contributed by atoms with Gasteiger partial charge in [0, 0.05) is 18.0 Å². The molecule has 0 saturated heterocycles. The van der Waals surface area contributed by atoms with Crippen molar-refractivity contribution in [3.8, 4) is 0 Å². The van der Waals surface area contributed by atoms with Crippen LogP contribution < -0.4 is 4.80 Å². The van der Waals surface area contributed by atoms with Gasteiger partial charge in [-0.05, 0) is 49.1 Å². The number of aromatic nitrogens is 1. The number of hydrogen-bond acceptors (Lipinski definition) is 4. The van der Waals surface area contributed by atoms with Gasteiger partial charge in [-0.3, -0.25) is 4.79 Å². The molecule has 0 fully saturated rings. The van der Waals surface area contributed by atoms with E-state index in [4.69, 9.17) is 4.74 Å². The Bertz CT molecular complexity index is 993. The Kier molecular flexibility index (Phi) is 6.82. The van der Waals surface area contributed by atoms with Gasteiger partial charge in [-0.2, -0.15) is 4.99 Å². The van der Waals surface area contributed by atoms with Crippen molar-refractivity contribution >= 4 is 39.2 Å². The molecule has 1 heterocycles. The maximum atomic E-state index is 13.6. The topological polar surface area (TPSA) is 43.6 Å². The van der Waals surface area contributed by atoms with Gasteiger partial charge in [0.2, 0.25) is 0 Å². The van der Waals surface area contributed by atoms with E-state index in [-0.39, 0.29) is 18.1 Å². The van der Waals surface area contributed by atoms with Crippen LogP contribution in [0, 0.1) is 5.82 Å². The Labute approximate surface area is 165 Å². The number of thiazole rings is 1. The van der Waals surface area contributed by atoms with Crippen LogP contribution in [0.4, 0.5) is 4.39 Å². The van der Waals surface area contributed by atoms with Crippen molar-refractivity contribution in [1.29, 1.82) is 0 Å². The first-order valence-corrected chi connectivity index (χ1v) is 10.7. The number of halogens is 1. The van der Waals surface area contributed by atoms with Gasteiger partial charge in [-0.25, -0.2) is 4.39 Å². The first kappa shape index (κ1) is 19.8. The molecule has 27 heavy (non-hydrogen) atoms. The van der Waals surface area contributed by atoms with E-state index in [1.807, 2.05) is 42.0 Å². The fourth-order valence-electron chi connectivity index (χ4n) is 2.71. The Morgan fingerprint density at radius 1 is 1.26 bits per heavy atom. The summed E-state index contributed by atoms with van der Waals surface area (Å²) >= 11 is 2.98. The van der Waals surface area contributed by atoms with Gasteiger partial charge >= 0.3 is 0 Å². The highest BCUT2D eigenvalue weighted by Crippen LogP contribution is 2.19. The number of hydrogen-bond donors (Lipinski definition) is 0. The van der Waals surface area contributed by atoms with Crippen molar-refractivity contribution in [2.24, 2.45) is 4.99 Å². The van der Waals surface area contributed by atoms with E-state index >= 15 is 0 Å². The van der Waals surface area contributed by atoms with Gasteiger partial charge in [0.1, 0.15) is 5.82 Å². The van der Waals surface area contributed by atoms with Crippen LogP contribution in [0.5, 0.6) is 0 Å². The standard InChI is InChI=1S/C20H21FN2O2S2/c1-3-25-11-10-23-17-9-6-15(21)13-18(17)27-20(23)22-19(24)12-14-4-7-16(26-2)8-5-14/h4-9,13H,3,10-12H2,1-2H3. The molecule has 0 unspecified atom stereocenters. The van der Waals surface area contributed by atoms with Crippen molar-refractivity contribution in [3.05, 3.63) is 58.6 Å². The number of fused-ring (bicyclic) bond motifs is 1. The zero-order valence-corrected chi connectivity index (χ0v) is 16.9. The molecule has 7 heteroatoms. The van der Waals surface area contributed by atoms with Crippen LogP contribution in [0.3, 0.4) is 0 Å². The molecule has 0 aliphatic heterocycles. The molecule has 3 rings (SSSR count). The first-order chi connectivity index (χ1) is 13.1. The lowest BCUT2D eigenvalue weighted by molar-refractivity contribution is -0.117. The molecule has 0 N–H and O–H groups in total. The third-order valence-corrected chi connectivity index (χ3v) is 5.83. The lowest BCUT2D eigenvalue weighted by atomic mass is 10.1. The molecule has 0 aliphatic rings. The summed E-state index contributed by atoms with van der Waals surface area (Å²) in [7, 11) is 0. The highest BCUT2D eigenvalue weighted by atomic mass is 32.2. The van der Waals surface area contributed by atoms with Crippen LogP contribution in [0.15, 0.2) is 52.4 Å². The smallest absolute Gasteiger partial charge is 0.252 e. The second kappa shape index (κ2) is 9.30.